The third kappa shape index (κ3) is 3.61. The molecule has 0 radical (unpaired) electrons. The molecule has 5 nitrogen and oxygen atoms in total. The Morgan fingerprint density at radius 3 is 2.69 bits per heavy atom. The highest BCUT2D eigenvalue weighted by atomic mass is 19.4. The van der Waals surface area contributed by atoms with Crippen molar-refractivity contribution in [2.75, 3.05) is 19.6 Å². The van der Waals surface area contributed by atoms with Crippen LogP contribution in [0.15, 0.2) is 24.3 Å². The Bertz CT molecular complexity index is 762. The molecule has 0 atom stereocenters. The zero-order valence-corrected chi connectivity index (χ0v) is 14.5. The average Bonchev–Trinajstić information content (AvgIpc) is 3.06. The molecular formula is C18H22F3N5. The molecule has 0 spiro atoms. The van der Waals surface area contributed by atoms with E-state index in [2.05, 4.69) is 25.0 Å². The van der Waals surface area contributed by atoms with Crippen molar-refractivity contribution in [1.29, 1.82) is 0 Å². The van der Waals surface area contributed by atoms with Crippen molar-refractivity contribution in [2.45, 2.75) is 44.6 Å². The van der Waals surface area contributed by atoms with Crippen LogP contribution in [0.1, 0.15) is 41.5 Å². The summed E-state index contributed by atoms with van der Waals surface area (Å²) < 4.78 is 40.8. The topological polar surface area (TPSA) is 46.0 Å². The minimum atomic E-state index is -4.29. The van der Waals surface area contributed by atoms with Crippen molar-refractivity contribution >= 4 is 0 Å². The average molecular weight is 365 g/mol. The molecule has 3 heterocycles. The summed E-state index contributed by atoms with van der Waals surface area (Å²) in [5.74, 6) is 2.45. The number of hydrogen-bond acceptors (Lipinski definition) is 4. The molecule has 0 aliphatic carbocycles. The van der Waals surface area contributed by atoms with Crippen LogP contribution in [-0.2, 0) is 25.8 Å². The van der Waals surface area contributed by atoms with Crippen LogP contribution in [0.4, 0.5) is 13.2 Å². The third-order valence-electron chi connectivity index (χ3n) is 5.26. The van der Waals surface area contributed by atoms with Gasteiger partial charge in [-0.05, 0) is 37.6 Å². The Balaban J connectivity index is 1.38. The maximum Gasteiger partial charge on any atom is 0.416 e. The second-order valence-electron chi connectivity index (χ2n) is 7.05. The first kappa shape index (κ1) is 17.5. The van der Waals surface area contributed by atoms with Crippen LogP contribution in [0, 0.1) is 0 Å². The van der Waals surface area contributed by atoms with Crippen LogP contribution in [0.5, 0.6) is 0 Å². The molecule has 8 heteroatoms. The summed E-state index contributed by atoms with van der Waals surface area (Å²) in [6.45, 7) is 4.89. The molecule has 4 rings (SSSR count). The Morgan fingerprint density at radius 2 is 1.92 bits per heavy atom. The molecule has 1 N–H and O–H groups in total. The van der Waals surface area contributed by atoms with Crippen LogP contribution < -0.4 is 5.32 Å². The molecule has 0 unspecified atom stereocenters. The van der Waals surface area contributed by atoms with Gasteiger partial charge in [-0.2, -0.15) is 13.2 Å². The normalized spacial score (nSPS) is 19.5. The molecule has 0 saturated carbocycles. The van der Waals surface area contributed by atoms with E-state index in [0.29, 0.717) is 18.0 Å². The number of benzene rings is 1. The Hall–Kier alpha value is -1.93. The van der Waals surface area contributed by atoms with Crippen molar-refractivity contribution in [1.82, 2.24) is 25.0 Å². The standard InChI is InChI=1S/C18H22F3N5/c19-18(20,21)15-3-1-2-13(10-15)12-25-7-4-14(5-8-25)17-24-23-16-11-22-6-9-26(16)17/h1-3,10,14,22H,4-9,11-12H2. The highest BCUT2D eigenvalue weighted by Gasteiger charge is 2.31. The van der Waals surface area contributed by atoms with Gasteiger partial charge in [-0.3, -0.25) is 4.90 Å². The number of nitrogens with one attached hydrogen (secondary N) is 1. The number of piperidine rings is 1. The van der Waals surface area contributed by atoms with Gasteiger partial charge < -0.3 is 9.88 Å². The molecular weight excluding hydrogens is 343 g/mol. The maximum absolute atomic E-state index is 12.9. The first-order chi connectivity index (χ1) is 12.5. The van der Waals surface area contributed by atoms with Gasteiger partial charge in [0.25, 0.3) is 0 Å². The van der Waals surface area contributed by atoms with Crippen molar-refractivity contribution in [2.24, 2.45) is 0 Å². The number of fused-ring (bicyclic) bond motifs is 1. The predicted molar refractivity (Wildman–Crippen MR) is 90.4 cm³/mol. The van der Waals surface area contributed by atoms with Crippen LogP contribution in [-0.4, -0.2) is 39.3 Å². The van der Waals surface area contributed by atoms with Gasteiger partial charge in [-0.15, -0.1) is 10.2 Å². The Labute approximate surface area is 150 Å². The van der Waals surface area contributed by atoms with Crippen molar-refractivity contribution in [3.63, 3.8) is 0 Å². The summed E-state index contributed by atoms with van der Waals surface area (Å²) >= 11 is 0. The SMILES string of the molecule is FC(F)(F)c1cccc(CN2CCC(c3nnc4n3CCNC4)CC2)c1. The molecule has 0 bridgehead atoms. The van der Waals surface area contributed by atoms with Crippen LogP contribution >= 0.6 is 0 Å². The Kier molecular flexibility index (Phi) is 4.71. The fourth-order valence-electron chi connectivity index (χ4n) is 3.87. The second-order valence-corrected chi connectivity index (χ2v) is 7.05. The number of likely N-dealkylation sites (tertiary alicyclic amines) is 1. The van der Waals surface area contributed by atoms with Crippen molar-refractivity contribution < 1.29 is 13.2 Å². The lowest BCUT2D eigenvalue weighted by molar-refractivity contribution is -0.137. The lowest BCUT2D eigenvalue weighted by Crippen LogP contribution is -2.34. The third-order valence-corrected chi connectivity index (χ3v) is 5.26. The van der Waals surface area contributed by atoms with Gasteiger partial charge in [0.1, 0.15) is 11.6 Å². The molecule has 140 valence electrons. The number of alkyl halides is 3. The highest BCUT2D eigenvalue weighted by molar-refractivity contribution is 5.25. The van der Waals surface area contributed by atoms with Crippen LogP contribution in [0.2, 0.25) is 0 Å². The van der Waals surface area contributed by atoms with E-state index in [1.807, 2.05) is 0 Å². The minimum Gasteiger partial charge on any atom is -0.312 e. The fourth-order valence-corrected chi connectivity index (χ4v) is 3.87. The maximum atomic E-state index is 12.9. The van der Waals surface area contributed by atoms with Crippen LogP contribution in [0.25, 0.3) is 0 Å². The van der Waals surface area contributed by atoms with Gasteiger partial charge in [-0.1, -0.05) is 18.2 Å². The van der Waals surface area contributed by atoms with E-state index < -0.39 is 11.7 Å². The van der Waals surface area contributed by atoms with E-state index in [9.17, 15) is 13.2 Å². The van der Waals surface area contributed by atoms with Gasteiger partial charge in [-0.25, -0.2) is 0 Å². The van der Waals surface area contributed by atoms with E-state index in [1.54, 1.807) is 6.07 Å². The molecule has 2 aromatic rings. The highest BCUT2D eigenvalue weighted by Crippen LogP contribution is 2.31. The minimum absolute atomic E-state index is 0.382. The predicted octanol–water partition coefficient (Wildman–Crippen LogP) is 2.78. The summed E-state index contributed by atoms with van der Waals surface area (Å²) in [5, 5.41) is 12.0. The van der Waals surface area contributed by atoms with Gasteiger partial charge in [0.05, 0.1) is 12.1 Å². The van der Waals surface area contributed by atoms with E-state index in [1.165, 1.54) is 12.1 Å². The van der Waals surface area contributed by atoms with Gasteiger partial charge in [0.2, 0.25) is 0 Å². The van der Waals surface area contributed by atoms with Gasteiger partial charge in [0, 0.05) is 25.6 Å². The van der Waals surface area contributed by atoms with Crippen molar-refractivity contribution in [3.05, 3.63) is 47.0 Å². The summed E-state index contributed by atoms with van der Waals surface area (Å²) in [7, 11) is 0. The smallest absolute Gasteiger partial charge is 0.312 e. The molecule has 2 aliphatic rings. The first-order valence-electron chi connectivity index (χ1n) is 9.02. The molecule has 1 aromatic carbocycles. The molecule has 1 saturated heterocycles. The largest absolute Gasteiger partial charge is 0.416 e. The summed E-state index contributed by atoms with van der Waals surface area (Å²) in [6.07, 6.45) is -2.36. The lowest BCUT2D eigenvalue weighted by atomic mass is 9.95. The molecule has 2 aliphatic heterocycles. The van der Waals surface area contributed by atoms with Crippen LogP contribution in [0.3, 0.4) is 0 Å². The van der Waals surface area contributed by atoms with E-state index in [0.717, 1.165) is 63.3 Å². The summed E-state index contributed by atoms with van der Waals surface area (Å²) in [5.41, 5.74) is 0.137. The molecule has 26 heavy (non-hydrogen) atoms. The number of aromatic nitrogens is 3. The zero-order valence-electron chi connectivity index (χ0n) is 14.5. The Morgan fingerprint density at radius 1 is 1.12 bits per heavy atom. The summed E-state index contributed by atoms with van der Waals surface area (Å²) in [4.78, 5) is 2.22. The van der Waals surface area contributed by atoms with Gasteiger partial charge >= 0.3 is 6.18 Å². The van der Waals surface area contributed by atoms with E-state index in [4.69, 9.17) is 0 Å². The summed E-state index contributed by atoms with van der Waals surface area (Å²) in [6, 6.07) is 5.64. The number of nitrogens with zero attached hydrogens (tertiary/aromatic N) is 4. The molecule has 0 amide bonds. The van der Waals surface area contributed by atoms with E-state index >= 15 is 0 Å². The first-order valence-corrected chi connectivity index (χ1v) is 9.02. The van der Waals surface area contributed by atoms with Gasteiger partial charge in [0.15, 0.2) is 0 Å². The lowest BCUT2D eigenvalue weighted by Gasteiger charge is -2.32. The number of hydrogen-bond donors (Lipinski definition) is 1. The van der Waals surface area contributed by atoms with Crippen molar-refractivity contribution in [3.8, 4) is 0 Å². The molecule has 1 fully saturated rings. The van der Waals surface area contributed by atoms with E-state index in [-0.39, 0.29) is 0 Å². The second kappa shape index (κ2) is 7.00. The zero-order chi connectivity index (χ0) is 18.1. The fraction of sp³-hybridized carbons (Fsp3) is 0.556. The molecule has 1 aromatic heterocycles. The number of rotatable bonds is 3. The number of halogens is 3. The monoisotopic (exact) mass is 365 g/mol. The quantitative estimate of drug-likeness (QED) is 0.909.